The van der Waals surface area contributed by atoms with Gasteiger partial charge < -0.3 is 15.2 Å². The zero-order valence-electron chi connectivity index (χ0n) is 11.8. The van der Waals surface area contributed by atoms with E-state index in [0.29, 0.717) is 29.9 Å². The van der Waals surface area contributed by atoms with Crippen molar-refractivity contribution in [1.82, 2.24) is 0 Å². The summed E-state index contributed by atoms with van der Waals surface area (Å²) in [6, 6.07) is 2.08. The Morgan fingerprint density at radius 2 is 1.84 bits per heavy atom. The Labute approximate surface area is 120 Å². The van der Waals surface area contributed by atoms with Crippen molar-refractivity contribution in [3.63, 3.8) is 0 Å². The van der Waals surface area contributed by atoms with Crippen LogP contribution in [-0.2, 0) is 6.42 Å². The van der Waals surface area contributed by atoms with Gasteiger partial charge in [-0.3, -0.25) is 0 Å². The number of benzene rings is 1. The average molecular weight is 284 g/mol. The highest BCUT2D eigenvalue weighted by molar-refractivity contribution is 6.32. The summed E-state index contributed by atoms with van der Waals surface area (Å²) in [6.45, 7) is 7.63. The molecule has 0 fully saturated rings. The fourth-order valence-electron chi connectivity index (χ4n) is 2.51. The van der Waals surface area contributed by atoms with Crippen LogP contribution in [0.4, 0.5) is 0 Å². The summed E-state index contributed by atoms with van der Waals surface area (Å²) in [6.07, 6.45) is 1.68. The third-order valence-corrected chi connectivity index (χ3v) is 3.50. The van der Waals surface area contributed by atoms with Crippen LogP contribution in [0, 0.1) is 0 Å². The Kier molecular flexibility index (Phi) is 4.58. The SMILES string of the molecule is CC(N)Cc1cc(Cl)c2c(c1C(C)C)OCCCO2. The van der Waals surface area contributed by atoms with Gasteiger partial charge in [-0.15, -0.1) is 0 Å². The monoisotopic (exact) mass is 283 g/mol. The predicted octanol–water partition coefficient (Wildman–Crippen LogP) is 3.51. The van der Waals surface area contributed by atoms with Crippen molar-refractivity contribution in [2.45, 2.75) is 45.6 Å². The van der Waals surface area contributed by atoms with Gasteiger partial charge in [0.1, 0.15) is 0 Å². The van der Waals surface area contributed by atoms with E-state index in [2.05, 4.69) is 13.8 Å². The fraction of sp³-hybridized carbons (Fsp3) is 0.600. The Bertz CT molecular complexity index is 458. The van der Waals surface area contributed by atoms with E-state index in [4.69, 9.17) is 26.8 Å². The Morgan fingerprint density at radius 3 is 2.42 bits per heavy atom. The van der Waals surface area contributed by atoms with Gasteiger partial charge in [0.05, 0.1) is 18.2 Å². The molecule has 1 aromatic carbocycles. The second kappa shape index (κ2) is 6.02. The van der Waals surface area contributed by atoms with Crippen molar-refractivity contribution >= 4 is 11.6 Å². The van der Waals surface area contributed by atoms with E-state index in [9.17, 15) is 0 Å². The number of ether oxygens (including phenoxy) is 2. The fourth-order valence-corrected chi connectivity index (χ4v) is 2.78. The Balaban J connectivity index is 2.56. The maximum absolute atomic E-state index is 6.33. The van der Waals surface area contributed by atoms with Crippen LogP contribution < -0.4 is 15.2 Å². The first-order chi connectivity index (χ1) is 9.00. The molecule has 0 aliphatic carbocycles. The van der Waals surface area contributed by atoms with Crippen molar-refractivity contribution in [2.24, 2.45) is 5.73 Å². The number of halogens is 1. The van der Waals surface area contributed by atoms with E-state index < -0.39 is 0 Å². The van der Waals surface area contributed by atoms with E-state index in [-0.39, 0.29) is 6.04 Å². The number of rotatable bonds is 3. The van der Waals surface area contributed by atoms with Crippen molar-refractivity contribution in [2.75, 3.05) is 13.2 Å². The quantitative estimate of drug-likeness (QED) is 0.923. The first-order valence-electron chi connectivity index (χ1n) is 6.87. The van der Waals surface area contributed by atoms with Crippen molar-refractivity contribution in [1.29, 1.82) is 0 Å². The van der Waals surface area contributed by atoms with E-state index in [1.807, 2.05) is 13.0 Å². The molecule has 3 nitrogen and oxygen atoms in total. The molecule has 0 saturated heterocycles. The van der Waals surface area contributed by atoms with Crippen LogP contribution in [0.5, 0.6) is 11.5 Å². The van der Waals surface area contributed by atoms with Gasteiger partial charge in [-0.2, -0.15) is 0 Å². The van der Waals surface area contributed by atoms with E-state index >= 15 is 0 Å². The summed E-state index contributed by atoms with van der Waals surface area (Å²) in [5, 5.41) is 0.622. The third-order valence-electron chi connectivity index (χ3n) is 3.22. The summed E-state index contributed by atoms with van der Waals surface area (Å²) >= 11 is 6.33. The van der Waals surface area contributed by atoms with Crippen LogP contribution in [0.2, 0.25) is 5.02 Å². The largest absolute Gasteiger partial charge is 0.489 e. The molecule has 0 amide bonds. The zero-order chi connectivity index (χ0) is 14.0. The molecule has 1 aliphatic rings. The number of nitrogens with two attached hydrogens (primary N) is 1. The standard InChI is InChI=1S/C15H22ClNO2/c1-9(2)13-11(7-10(3)17)8-12(16)14-15(13)19-6-4-5-18-14/h8-10H,4-7,17H2,1-3H3. The summed E-state index contributed by atoms with van der Waals surface area (Å²) in [4.78, 5) is 0. The lowest BCUT2D eigenvalue weighted by atomic mass is 9.92. The highest BCUT2D eigenvalue weighted by atomic mass is 35.5. The summed E-state index contributed by atoms with van der Waals surface area (Å²) in [5.74, 6) is 1.86. The van der Waals surface area contributed by atoms with Gasteiger partial charge in [0.15, 0.2) is 11.5 Å². The van der Waals surface area contributed by atoms with Crippen molar-refractivity contribution in [3.8, 4) is 11.5 Å². The van der Waals surface area contributed by atoms with Gasteiger partial charge in [0.2, 0.25) is 0 Å². The molecule has 1 aromatic rings. The second-order valence-corrected chi connectivity index (χ2v) is 5.88. The van der Waals surface area contributed by atoms with Crippen molar-refractivity contribution < 1.29 is 9.47 Å². The normalized spacial score (nSPS) is 16.3. The maximum Gasteiger partial charge on any atom is 0.180 e. The summed E-state index contributed by atoms with van der Waals surface area (Å²) in [5.41, 5.74) is 8.28. The summed E-state index contributed by atoms with van der Waals surface area (Å²) in [7, 11) is 0. The molecule has 19 heavy (non-hydrogen) atoms. The molecule has 0 radical (unpaired) electrons. The molecule has 1 aliphatic heterocycles. The highest BCUT2D eigenvalue weighted by Crippen LogP contribution is 2.44. The van der Waals surface area contributed by atoms with Gasteiger partial charge in [-0.1, -0.05) is 25.4 Å². The highest BCUT2D eigenvalue weighted by Gasteiger charge is 2.24. The smallest absolute Gasteiger partial charge is 0.180 e. The predicted molar refractivity (Wildman–Crippen MR) is 78.5 cm³/mol. The third kappa shape index (κ3) is 3.15. The van der Waals surface area contributed by atoms with E-state index in [1.165, 1.54) is 11.1 Å². The molecule has 2 N–H and O–H groups in total. The van der Waals surface area contributed by atoms with Gasteiger partial charge >= 0.3 is 0 Å². The van der Waals surface area contributed by atoms with Gasteiger partial charge in [-0.25, -0.2) is 0 Å². The van der Waals surface area contributed by atoms with Crippen LogP contribution >= 0.6 is 11.6 Å². The van der Waals surface area contributed by atoms with Gasteiger partial charge in [0.25, 0.3) is 0 Å². The molecule has 1 unspecified atom stereocenters. The summed E-state index contributed by atoms with van der Waals surface area (Å²) < 4.78 is 11.6. The molecular weight excluding hydrogens is 262 g/mol. The van der Waals surface area contributed by atoms with Crippen LogP contribution in [0.25, 0.3) is 0 Å². The lowest BCUT2D eigenvalue weighted by molar-refractivity contribution is 0.295. The maximum atomic E-state index is 6.33. The number of fused-ring (bicyclic) bond motifs is 1. The second-order valence-electron chi connectivity index (χ2n) is 5.48. The first-order valence-corrected chi connectivity index (χ1v) is 7.25. The Morgan fingerprint density at radius 1 is 1.21 bits per heavy atom. The van der Waals surface area contributed by atoms with Crippen LogP contribution in [0.3, 0.4) is 0 Å². The molecule has 106 valence electrons. The van der Waals surface area contributed by atoms with Crippen LogP contribution in [0.15, 0.2) is 6.07 Å². The Hall–Kier alpha value is -0.930. The van der Waals surface area contributed by atoms with Gasteiger partial charge in [0, 0.05) is 18.0 Å². The molecule has 1 heterocycles. The lowest BCUT2D eigenvalue weighted by Crippen LogP contribution is -2.19. The molecule has 0 aromatic heterocycles. The molecule has 0 spiro atoms. The lowest BCUT2D eigenvalue weighted by Gasteiger charge is -2.21. The minimum Gasteiger partial charge on any atom is -0.489 e. The molecule has 0 bridgehead atoms. The average Bonchev–Trinajstić information content (AvgIpc) is 2.53. The molecule has 0 saturated carbocycles. The van der Waals surface area contributed by atoms with Crippen LogP contribution in [-0.4, -0.2) is 19.3 Å². The number of hydrogen-bond donors (Lipinski definition) is 1. The molecule has 4 heteroatoms. The van der Waals surface area contributed by atoms with Gasteiger partial charge in [-0.05, 0) is 30.9 Å². The number of hydrogen-bond acceptors (Lipinski definition) is 3. The van der Waals surface area contributed by atoms with Crippen LogP contribution in [0.1, 0.15) is 44.2 Å². The topological polar surface area (TPSA) is 44.5 Å². The van der Waals surface area contributed by atoms with Crippen molar-refractivity contribution in [3.05, 3.63) is 22.2 Å². The molecule has 2 rings (SSSR count). The first kappa shape index (κ1) is 14.5. The minimum absolute atomic E-state index is 0.0957. The molecular formula is C15H22ClNO2. The molecule has 1 atom stereocenters. The zero-order valence-corrected chi connectivity index (χ0v) is 12.6. The van der Waals surface area contributed by atoms with E-state index in [0.717, 1.165) is 18.6 Å². The minimum atomic E-state index is 0.0957. The van der Waals surface area contributed by atoms with E-state index in [1.54, 1.807) is 0 Å².